The molecule has 0 bridgehead atoms. The van der Waals surface area contributed by atoms with Crippen LogP contribution in [-0.2, 0) is 35.2 Å². The molecule has 0 unspecified atom stereocenters. The molecule has 0 aromatic carbocycles. The smallest absolute Gasteiger partial charge is 0 e. The predicted octanol–water partition coefficient (Wildman–Crippen LogP) is -2.65. The topological polar surface area (TPSA) is 124 Å². The minimum Gasteiger partial charge on any atom is 0 e. The van der Waals surface area contributed by atoms with Crippen molar-refractivity contribution in [3.63, 3.8) is 0 Å². The summed E-state index contributed by atoms with van der Waals surface area (Å²) in [6, 6.07) is 0. The molecule has 0 radical (unpaired) electrons. The van der Waals surface area contributed by atoms with Crippen molar-refractivity contribution in [1.82, 2.24) is 0 Å². The molecule has 0 aliphatic heterocycles. The number of phosphoric acid groups is 2. The van der Waals surface area contributed by atoms with Gasteiger partial charge in [0.1, 0.15) is 0 Å². The van der Waals surface area contributed by atoms with Gasteiger partial charge in [-0.1, -0.05) is 0 Å². The largest absolute Gasteiger partial charge is 0 e. The summed E-state index contributed by atoms with van der Waals surface area (Å²) in [7, 11) is -10.1. The average molecular weight is 264 g/mol. The maximum absolute atomic E-state index is 9.63. The van der Waals surface area contributed by atoms with Gasteiger partial charge in [0.2, 0.25) is 0 Å². The van der Waals surface area contributed by atoms with E-state index < -0.39 is 15.6 Å². The molecule has 0 aromatic heterocycles. The van der Waals surface area contributed by atoms with Gasteiger partial charge in [-0.15, -0.1) is 0 Å². The molecule has 0 spiro atoms. The van der Waals surface area contributed by atoms with E-state index in [0.29, 0.717) is 0 Å². The Morgan fingerprint density at radius 3 is 1.08 bits per heavy atom. The first-order valence-corrected chi connectivity index (χ1v) is 4.59. The van der Waals surface area contributed by atoms with Crippen LogP contribution in [0.1, 0.15) is 0 Å². The Hall–Kier alpha value is 2.10. The summed E-state index contributed by atoms with van der Waals surface area (Å²) in [5.74, 6) is 0. The third-order valence-corrected chi connectivity index (χ3v) is 1.91. The second kappa shape index (κ2) is 8.42. The van der Waals surface area contributed by atoms with Crippen LogP contribution in [0.5, 0.6) is 0 Å². The van der Waals surface area contributed by atoms with Gasteiger partial charge in [-0.2, -0.15) is 4.31 Å². The summed E-state index contributed by atoms with van der Waals surface area (Å²) in [5, 5.41) is 0. The number of hydrogen-bond acceptors (Lipinski definition) is 3. The van der Waals surface area contributed by atoms with E-state index >= 15 is 0 Å². The molecule has 12 heteroatoms. The fraction of sp³-hybridized carbons (Fsp3) is 0. The van der Waals surface area contributed by atoms with Crippen molar-refractivity contribution in [2.45, 2.75) is 0 Å². The maximum Gasteiger partial charge on any atom is 0 e. The summed E-state index contributed by atoms with van der Waals surface area (Å²) in [5.41, 5.74) is 0. The van der Waals surface area contributed by atoms with Crippen molar-refractivity contribution in [2.24, 2.45) is 0 Å². The molecule has 68 valence electrons. The molecule has 0 saturated carbocycles. The summed E-state index contributed by atoms with van der Waals surface area (Å²) in [6.07, 6.45) is 0. The van der Waals surface area contributed by atoms with Gasteiger partial charge in [0.25, 0.3) is 0 Å². The van der Waals surface area contributed by atoms with E-state index in [9.17, 15) is 9.13 Å². The monoisotopic (exact) mass is 264 g/mol. The van der Waals surface area contributed by atoms with Gasteiger partial charge in [-0.25, -0.2) is 9.13 Å². The Kier molecular flexibility index (Phi) is 16.6. The minimum atomic E-state index is -5.05. The summed E-state index contributed by atoms with van der Waals surface area (Å²) < 4.78 is 22.2. The third-order valence-electron chi connectivity index (χ3n) is 0.213. The summed E-state index contributed by atoms with van der Waals surface area (Å²) in [4.78, 5) is 31.0. The third kappa shape index (κ3) is 22.7. The van der Waals surface area contributed by atoms with Gasteiger partial charge < -0.3 is 19.6 Å². The van der Waals surface area contributed by atoms with Gasteiger partial charge in [0, 0.05) is 21.7 Å². The Bertz CT molecular complexity index is 162. The molecule has 7 nitrogen and oxygen atoms in total. The van der Waals surface area contributed by atoms with Crippen LogP contribution in [0.15, 0.2) is 0 Å². The zero-order valence-corrected chi connectivity index (χ0v) is 7.76. The Morgan fingerprint density at radius 2 is 1.08 bits per heavy atom. The van der Waals surface area contributed by atoms with Gasteiger partial charge in [-0.05, 0) is 0 Å². The van der Waals surface area contributed by atoms with Crippen LogP contribution in [0, 0.1) is 0 Å². The molecule has 12 heavy (non-hydrogen) atoms. The van der Waals surface area contributed by atoms with E-state index in [0.717, 1.165) is 0 Å². The molecule has 0 saturated heterocycles. The van der Waals surface area contributed by atoms with Crippen LogP contribution in [0.2, 0.25) is 0 Å². The van der Waals surface area contributed by atoms with Crippen molar-refractivity contribution in [1.29, 1.82) is 0 Å². The van der Waals surface area contributed by atoms with Crippen LogP contribution in [0.3, 0.4) is 0 Å². The Morgan fingerprint density at radius 1 is 0.917 bits per heavy atom. The van der Waals surface area contributed by atoms with E-state index in [2.05, 4.69) is 4.31 Å². The number of rotatable bonds is 2. The standard InChI is InChI=1S/Al.Li.H4O7P2.Ti.4H/c;;1-8(2,3)7-9(4,5)6;;;;;/h;;(H2,1,2,3)(H2,4,5,6);;;;;. The molecule has 0 rings (SSSR count). The molecule has 0 aromatic rings. The quantitative estimate of drug-likeness (QED) is 0.317. The Balaban J connectivity index is -0.000000107. The van der Waals surface area contributed by atoms with E-state index in [1.54, 1.807) is 0 Å². The molecule has 0 amide bonds. The molecule has 0 aliphatic rings. The van der Waals surface area contributed by atoms with Gasteiger partial charge >= 0.3 is 34.5 Å². The van der Waals surface area contributed by atoms with Crippen LogP contribution < -0.4 is 0 Å². The van der Waals surface area contributed by atoms with Crippen molar-refractivity contribution in [3.05, 3.63) is 0 Å². The van der Waals surface area contributed by atoms with E-state index in [1.165, 1.54) is 0 Å². The van der Waals surface area contributed by atoms with Crippen molar-refractivity contribution in [3.8, 4) is 0 Å². The first kappa shape index (κ1) is 23.7. The van der Waals surface area contributed by atoms with E-state index in [1.807, 2.05) is 0 Å². The predicted molar refractivity (Wildman–Crippen MR) is 42.3 cm³/mol. The molecule has 0 fully saturated rings. The summed E-state index contributed by atoms with van der Waals surface area (Å²) in [6.45, 7) is 0. The SMILES string of the molecule is O=P(O)(O)OP(=O)(O)O.[AlH3].[LiH].[Ti]. The van der Waals surface area contributed by atoms with E-state index in [-0.39, 0.29) is 57.9 Å². The maximum atomic E-state index is 9.63. The van der Waals surface area contributed by atoms with E-state index in [4.69, 9.17) is 19.6 Å². The van der Waals surface area contributed by atoms with Crippen molar-refractivity contribution < 1.29 is 54.7 Å². The van der Waals surface area contributed by atoms with Crippen LogP contribution >= 0.6 is 15.6 Å². The first-order chi connectivity index (χ1) is 3.71. The summed E-state index contributed by atoms with van der Waals surface area (Å²) >= 11 is 0. The van der Waals surface area contributed by atoms with Crippen molar-refractivity contribution >= 4 is 51.9 Å². The molecule has 0 aliphatic carbocycles. The molecular weight excluding hydrogens is 256 g/mol. The number of hydrogen-bond donors (Lipinski definition) is 4. The zero-order chi connectivity index (χ0) is 7.71. The second-order valence-corrected chi connectivity index (χ2v) is 3.68. The zero-order valence-electron chi connectivity index (χ0n) is 4.41. The van der Waals surface area contributed by atoms with Crippen LogP contribution in [0.25, 0.3) is 0 Å². The Labute approximate surface area is 106 Å². The fourth-order valence-electron chi connectivity index (χ4n) is 0.139. The minimum absolute atomic E-state index is 0. The van der Waals surface area contributed by atoms with Crippen LogP contribution in [0.4, 0.5) is 0 Å². The second-order valence-electron chi connectivity index (χ2n) is 1.06. The molecule has 4 N–H and O–H groups in total. The van der Waals surface area contributed by atoms with Gasteiger partial charge in [0.05, 0.1) is 0 Å². The molecule has 0 heterocycles. The van der Waals surface area contributed by atoms with Gasteiger partial charge in [0.15, 0.2) is 17.4 Å². The van der Waals surface area contributed by atoms with Crippen LogP contribution in [-0.4, -0.2) is 55.8 Å². The normalized spacial score (nSPS) is 10.3. The molecular formula is H8AlLiO7P2Ti. The average Bonchev–Trinajstić information content (AvgIpc) is 1.14. The first-order valence-electron chi connectivity index (χ1n) is 1.53. The van der Waals surface area contributed by atoms with Gasteiger partial charge in [-0.3, -0.25) is 0 Å². The van der Waals surface area contributed by atoms with Crippen molar-refractivity contribution in [2.75, 3.05) is 0 Å². The fourth-order valence-corrected chi connectivity index (χ4v) is 1.25. The molecule has 0 atom stereocenters.